The highest BCUT2D eigenvalue weighted by molar-refractivity contribution is 6.17. The Bertz CT molecular complexity index is 2060. The van der Waals surface area contributed by atoms with Crippen LogP contribution in [0.15, 0.2) is 53.1 Å². The van der Waals surface area contributed by atoms with Crippen molar-refractivity contribution < 1.29 is 19.2 Å². The predicted octanol–water partition coefficient (Wildman–Crippen LogP) is 5.27. The third-order valence-electron chi connectivity index (χ3n) is 8.87. The number of methoxy groups -OCH3 is 1. The van der Waals surface area contributed by atoms with Gasteiger partial charge in [-0.3, -0.25) is 9.69 Å². The van der Waals surface area contributed by atoms with E-state index in [4.69, 9.17) is 19.2 Å². The molecule has 44 heavy (non-hydrogen) atoms. The average Bonchev–Trinajstić information content (AvgIpc) is 3.56. The maximum Gasteiger partial charge on any atom is 0.254 e. The minimum atomic E-state index is -0.0764. The van der Waals surface area contributed by atoms with Gasteiger partial charge in [0.05, 0.1) is 42.1 Å². The smallest absolute Gasteiger partial charge is 0.254 e. The number of aromatic nitrogens is 4. The van der Waals surface area contributed by atoms with Crippen LogP contribution in [-0.2, 0) is 0 Å². The summed E-state index contributed by atoms with van der Waals surface area (Å²) in [6.07, 6.45) is 0. The van der Waals surface area contributed by atoms with Gasteiger partial charge < -0.3 is 24.3 Å². The zero-order valence-corrected chi connectivity index (χ0v) is 25.4. The van der Waals surface area contributed by atoms with E-state index >= 15 is 0 Å². The van der Waals surface area contributed by atoms with Crippen molar-refractivity contribution in [3.05, 3.63) is 71.4 Å². The molecule has 224 valence electrons. The number of benzene rings is 3. The first kappa shape index (κ1) is 28.0. The lowest BCUT2D eigenvalue weighted by Crippen LogP contribution is -2.54. The van der Waals surface area contributed by atoms with Gasteiger partial charge in [-0.05, 0) is 56.8 Å². The van der Waals surface area contributed by atoms with Gasteiger partial charge >= 0.3 is 0 Å². The van der Waals surface area contributed by atoms with E-state index < -0.39 is 0 Å². The molecule has 1 fully saturated rings. The van der Waals surface area contributed by atoms with Crippen molar-refractivity contribution in [1.82, 2.24) is 29.9 Å². The minimum Gasteiger partial charge on any atom is -0.496 e. The molecule has 3 aromatic carbocycles. The number of aliphatic hydroxyl groups is 1. The van der Waals surface area contributed by atoms with Crippen LogP contribution in [0, 0.1) is 20.8 Å². The van der Waals surface area contributed by atoms with Gasteiger partial charge in [0, 0.05) is 47.2 Å². The summed E-state index contributed by atoms with van der Waals surface area (Å²) in [6.45, 7) is 7.52. The van der Waals surface area contributed by atoms with Crippen molar-refractivity contribution in [3.63, 3.8) is 0 Å². The fourth-order valence-electron chi connectivity index (χ4n) is 6.55. The largest absolute Gasteiger partial charge is 0.496 e. The molecule has 2 N–H and O–H groups in total. The number of hydrogen-bond donors (Lipinski definition) is 2. The van der Waals surface area contributed by atoms with Crippen LogP contribution in [0.1, 0.15) is 27.6 Å². The molecule has 1 unspecified atom stereocenters. The Kier molecular flexibility index (Phi) is 6.83. The van der Waals surface area contributed by atoms with Crippen LogP contribution in [0.2, 0.25) is 0 Å². The lowest BCUT2D eigenvalue weighted by molar-refractivity contribution is 0.0422. The van der Waals surface area contributed by atoms with Gasteiger partial charge in [0.25, 0.3) is 5.91 Å². The van der Waals surface area contributed by atoms with Crippen LogP contribution >= 0.6 is 0 Å². The number of ether oxygens (including phenoxy) is 1. The number of amides is 1. The lowest BCUT2D eigenvalue weighted by atomic mass is 9.94. The first-order valence-corrected chi connectivity index (χ1v) is 14.7. The van der Waals surface area contributed by atoms with E-state index in [9.17, 15) is 9.90 Å². The summed E-state index contributed by atoms with van der Waals surface area (Å²) in [5.41, 5.74) is 6.51. The number of aliphatic hydroxyl groups excluding tert-OH is 1. The average molecular weight is 591 g/mol. The van der Waals surface area contributed by atoms with Crippen molar-refractivity contribution in [1.29, 1.82) is 0 Å². The number of aryl methyl sites for hydroxylation is 3. The number of aromatic amines is 1. The Labute approximate surface area is 254 Å². The SMILES string of the molecule is COc1cc2c(cc1-c1c(C)noc1C)[nH]c1nc(C)nc(-c3ccc(C(=O)N4CCN(C)C(CO)C4)c4ccccc34)c12. The van der Waals surface area contributed by atoms with Gasteiger partial charge in [0.1, 0.15) is 23.0 Å². The molecule has 1 aliphatic heterocycles. The molecule has 1 saturated heterocycles. The molecule has 1 amide bonds. The van der Waals surface area contributed by atoms with Crippen LogP contribution in [0.25, 0.3) is 55.1 Å². The van der Waals surface area contributed by atoms with Gasteiger partial charge in [-0.1, -0.05) is 35.5 Å². The molecule has 0 spiro atoms. The molecule has 10 nitrogen and oxygen atoms in total. The molecule has 0 radical (unpaired) electrons. The van der Waals surface area contributed by atoms with E-state index in [0.717, 1.165) is 66.5 Å². The van der Waals surface area contributed by atoms with Crippen molar-refractivity contribution in [3.8, 4) is 28.1 Å². The van der Waals surface area contributed by atoms with Gasteiger partial charge in [-0.25, -0.2) is 9.97 Å². The molecule has 6 aromatic rings. The summed E-state index contributed by atoms with van der Waals surface area (Å²) in [5.74, 6) is 2.01. The first-order valence-electron chi connectivity index (χ1n) is 14.7. The molecule has 1 atom stereocenters. The Morgan fingerprint density at radius 1 is 1.05 bits per heavy atom. The van der Waals surface area contributed by atoms with Crippen LogP contribution < -0.4 is 4.74 Å². The molecule has 7 rings (SSSR count). The van der Waals surface area contributed by atoms with Crippen molar-refractivity contribution >= 4 is 38.6 Å². The Balaban J connectivity index is 1.41. The molecule has 0 bridgehead atoms. The zero-order chi connectivity index (χ0) is 30.7. The first-order chi connectivity index (χ1) is 21.3. The number of hydrogen-bond acceptors (Lipinski definition) is 8. The predicted molar refractivity (Wildman–Crippen MR) is 170 cm³/mol. The van der Waals surface area contributed by atoms with Crippen molar-refractivity contribution in [2.45, 2.75) is 26.8 Å². The van der Waals surface area contributed by atoms with E-state index in [-0.39, 0.29) is 18.6 Å². The second-order valence-corrected chi connectivity index (χ2v) is 11.5. The molecular formula is C34H34N6O4. The Morgan fingerprint density at radius 2 is 1.84 bits per heavy atom. The van der Waals surface area contributed by atoms with Gasteiger partial charge in [0.2, 0.25) is 0 Å². The summed E-state index contributed by atoms with van der Waals surface area (Å²) in [5, 5.41) is 17.6. The number of fused-ring (bicyclic) bond motifs is 4. The Hall–Kier alpha value is -4.80. The summed E-state index contributed by atoms with van der Waals surface area (Å²) >= 11 is 0. The van der Waals surface area contributed by atoms with Crippen LogP contribution in [0.3, 0.4) is 0 Å². The van der Waals surface area contributed by atoms with E-state index in [1.165, 1.54) is 0 Å². The van der Waals surface area contributed by atoms with Crippen LogP contribution in [0.4, 0.5) is 0 Å². The second-order valence-electron chi connectivity index (χ2n) is 11.5. The molecule has 3 aromatic heterocycles. The van der Waals surface area contributed by atoms with Gasteiger partial charge in [-0.2, -0.15) is 0 Å². The summed E-state index contributed by atoms with van der Waals surface area (Å²) in [6, 6.07) is 15.9. The molecule has 0 aliphatic carbocycles. The fourth-order valence-corrected chi connectivity index (χ4v) is 6.55. The van der Waals surface area contributed by atoms with Crippen molar-refractivity contribution in [2.24, 2.45) is 0 Å². The van der Waals surface area contributed by atoms with E-state index in [0.29, 0.717) is 36.8 Å². The van der Waals surface area contributed by atoms with Gasteiger partial charge in [-0.15, -0.1) is 0 Å². The van der Waals surface area contributed by atoms with E-state index in [2.05, 4.69) is 21.1 Å². The number of H-pyrrole nitrogens is 1. The van der Waals surface area contributed by atoms with E-state index in [1.807, 2.05) is 75.2 Å². The summed E-state index contributed by atoms with van der Waals surface area (Å²) in [7, 11) is 3.64. The zero-order valence-electron chi connectivity index (χ0n) is 25.4. The molecule has 0 saturated carbocycles. The summed E-state index contributed by atoms with van der Waals surface area (Å²) in [4.78, 5) is 31.0. The number of nitrogens with one attached hydrogen (secondary N) is 1. The third-order valence-corrected chi connectivity index (χ3v) is 8.87. The van der Waals surface area contributed by atoms with Gasteiger partial charge in [0.15, 0.2) is 0 Å². The minimum absolute atomic E-state index is 0.0120. The lowest BCUT2D eigenvalue weighted by Gasteiger charge is -2.38. The molecule has 1 aliphatic rings. The highest BCUT2D eigenvalue weighted by Crippen LogP contribution is 2.42. The number of rotatable bonds is 5. The highest BCUT2D eigenvalue weighted by atomic mass is 16.5. The monoisotopic (exact) mass is 590 g/mol. The quantitative estimate of drug-likeness (QED) is 0.279. The number of likely N-dealkylation sites (N-methyl/N-ethyl adjacent to an activating group) is 1. The summed E-state index contributed by atoms with van der Waals surface area (Å²) < 4.78 is 11.3. The second kappa shape index (κ2) is 10.7. The highest BCUT2D eigenvalue weighted by Gasteiger charge is 2.29. The van der Waals surface area contributed by atoms with Crippen molar-refractivity contribution in [2.75, 3.05) is 40.4 Å². The third kappa shape index (κ3) is 4.40. The topological polar surface area (TPSA) is 121 Å². The number of carbonyl (C=O) groups excluding carboxylic acids is 1. The standard InChI is InChI=1S/C34H34N6O4/c1-18-30(19(2)44-38-18)27-14-28-26(15-29(27)43-5)31-32(35-20(3)36-33(31)37-28)24-10-11-25(23-9-7-6-8-22(23)24)34(42)40-13-12-39(4)21(16-40)17-41/h6-11,14-15,21,41H,12-13,16-17H2,1-5H3,(H,35,36,37). The molecule has 4 heterocycles. The number of nitrogens with zero attached hydrogens (tertiary/aromatic N) is 5. The van der Waals surface area contributed by atoms with Crippen LogP contribution in [0.5, 0.6) is 5.75 Å². The number of carbonyl (C=O) groups is 1. The van der Waals surface area contributed by atoms with Crippen LogP contribution in [-0.4, -0.2) is 87.4 Å². The maximum absolute atomic E-state index is 13.8. The molecule has 10 heteroatoms. The molecular weight excluding hydrogens is 556 g/mol. The maximum atomic E-state index is 13.8. The number of piperazine rings is 1. The fraction of sp³-hybridized carbons (Fsp3) is 0.294. The van der Waals surface area contributed by atoms with E-state index in [1.54, 1.807) is 7.11 Å². The normalized spacial score (nSPS) is 16.0. The Morgan fingerprint density at radius 3 is 2.57 bits per heavy atom.